The van der Waals surface area contributed by atoms with Gasteiger partial charge in [-0.25, -0.2) is 0 Å². The Morgan fingerprint density at radius 3 is 2.72 bits per heavy atom. The predicted octanol–water partition coefficient (Wildman–Crippen LogP) is 3.42. The first-order valence-electron chi connectivity index (χ1n) is 8.42. The summed E-state index contributed by atoms with van der Waals surface area (Å²) in [5.74, 6) is 0.857. The van der Waals surface area contributed by atoms with Gasteiger partial charge in [0.1, 0.15) is 0 Å². The fraction of sp³-hybridized carbons (Fsp3) is 0.444. The molecule has 0 spiro atoms. The molecule has 0 aliphatic carbocycles. The fourth-order valence-electron chi connectivity index (χ4n) is 2.43. The maximum absolute atomic E-state index is 6.18. The van der Waals surface area contributed by atoms with Crippen LogP contribution in [0.15, 0.2) is 41.7 Å². The number of aromatic nitrogens is 2. The molecule has 0 saturated heterocycles. The maximum atomic E-state index is 6.18. The number of halogens is 2. The number of aryl methyl sites for hydroxylation is 2. The molecule has 2 aromatic rings. The third-order valence-electron chi connectivity index (χ3n) is 3.64. The van der Waals surface area contributed by atoms with E-state index in [0.717, 1.165) is 55.4 Å². The highest BCUT2D eigenvalue weighted by Crippen LogP contribution is 2.14. The van der Waals surface area contributed by atoms with Crippen LogP contribution in [0.1, 0.15) is 24.5 Å². The van der Waals surface area contributed by atoms with Gasteiger partial charge < -0.3 is 10.6 Å². The van der Waals surface area contributed by atoms with Crippen molar-refractivity contribution in [3.63, 3.8) is 0 Å². The van der Waals surface area contributed by atoms with Gasteiger partial charge in [0.15, 0.2) is 5.96 Å². The molecule has 0 aliphatic heterocycles. The molecule has 2 N–H and O–H groups in total. The van der Waals surface area contributed by atoms with Gasteiger partial charge in [-0.1, -0.05) is 29.8 Å². The van der Waals surface area contributed by atoms with E-state index in [-0.39, 0.29) is 24.0 Å². The molecular formula is C18H27ClIN5. The van der Waals surface area contributed by atoms with E-state index < -0.39 is 0 Å². The average molecular weight is 476 g/mol. The molecule has 25 heavy (non-hydrogen) atoms. The Morgan fingerprint density at radius 2 is 2.04 bits per heavy atom. The minimum atomic E-state index is 0. The number of nitrogens with one attached hydrogen (secondary N) is 2. The molecular weight excluding hydrogens is 449 g/mol. The third kappa shape index (κ3) is 8.09. The lowest BCUT2D eigenvalue weighted by Crippen LogP contribution is -2.38. The van der Waals surface area contributed by atoms with Crippen LogP contribution in [0, 0.1) is 0 Å². The normalized spacial score (nSPS) is 11.1. The number of hydrogen-bond acceptors (Lipinski definition) is 2. The molecule has 0 bridgehead atoms. The highest BCUT2D eigenvalue weighted by Gasteiger charge is 2.01. The third-order valence-corrected chi connectivity index (χ3v) is 4.01. The van der Waals surface area contributed by atoms with Gasteiger partial charge in [-0.05, 0) is 43.4 Å². The van der Waals surface area contributed by atoms with E-state index in [0.29, 0.717) is 0 Å². The van der Waals surface area contributed by atoms with Gasteiger partial charge in [-0.2, -0.15) is 5.10 Å². The number of rotatable bonds is 8. The summed E-state index contributed by atoms with van der Waals surface area (Å²) in [5, 5.41) is 11.6. The van der Waals surface area contributed by atoms with Crippen molar-refractivity contribution < 1.29 is 0 Å². The molecule has 1 aromatic heterocycles. The van der Waals surface area contributed by atoms with Crippen LogP contribution in [0.3, 0.4) is 0 Å². The largest absolute Gasteiger partial charge is 0.357 e. The van der Waals surface area contributed by atoms with E-state index in [4.69, 9.17) is 11.6 Å². The smallest absolute Gasteiger partial charge is 0.191 e. The fourth-order valence-corrected chi connectivity index (χ4v) is 2.66. The summed E-state index contributed by atoms with van der Waals surface area (Å²) in [4.78, 5) is 4.62. The first-order valence-corrected chi connectivity index (χ1v) is 8.80. The van der Waals surface area contributed by atoms with Crippen molar-refractivity contribution in [1.29, 1.82) is 0 Å². The molecule has 2 rings (SSSR count). The molecule has 0 unspecified atom stereocenters. The Morgan fingerprint density at radius 1 is 1.24 bits per heavy atom. The average Bonchev–Trinajstić information content (AvgIpc) is 2.98. The minimum absolute atomic E-state index is 0. The summed E-state index contributed by atoms with van der Waals surface area (Å²) < 4.78 is 1.83. The van der Waals surface area contributed by atoms with Crippen LogP contribution in [-0.2, 0) is 19.9 Å². The van der Waals surface area contributed by atoms with Crippen molar-refractivity contribution >= 4 is 41.5 Å². The van der Waals surface area contributed by atoms with Crippen molar-refractivity contribution in [2.75, 3.05) is 19.6 Å². The summed E-state index contributed by atoms with van der Waals surface area (Å²) >= 11 is 6.18. The van der Waals surface area contributed by atoms with Crippen molar-refractivity contribution in [2.45, 2.75) is 26.2 Å². The number of nitrogens with zero attached hydrogens (tertiary/aromatic N) is 3. The van der Waals surface area contributed by atoms with Crippen molar-refractivity contribution in [2.24, 2.45) is 12.0 Å². The first kappa shape index (κ1) is 21.8. The van der Waals surface area contributed by atoms with Crippen LogP contribution in [0.25, 0.3) is 0 Å². The van der Waals surface area contributed by atoms with Crippen LogP contribution < -0.4 is 10.6 Å². The maximum Gasteiger partial charge on any atom is 0.191 e. The van der Waals surface area contributed by atoms with Gasteiger partial charge in [0.25, 0.3) is 0 Å². The molecule has 0 radical (unpaired) electrons. The van der Waals surface area contributed by atoms with Crippen LogP contribution in [0.4, 0.5) is 0 Å². The highest BCUT2D eigenvalue weighted by molar-refractivity contribution is 14.0. The van der Waals surface area contributed by atoms with Gasteiger partial charge in [0.05, 0.1) is 6.20 Å². The van der Waals surface area contributed by atoms with Crippen LogP contribution in [-0.4, -0.2) is 35.4 Å². The molecule has 1 heterocycles. The zero-order valence-electron chi connectivity index (χ0n) is 14.8. The van der Waals surface area contributed by atoms with E-state index in [1.807, 2.05) is 36.1 Å². The lowest BCUT2D eigenvalue weighted by molar-refractivity contribution is 0.763. The van der Waals surface area contributed by atoms with E-state index >= 15 is 0 Å². The van der Waals surface area contributed by atoms with Crippen LogP contribution in [0.2, 0.25) is 5.02 Å². The van der Waals surface area contributed by atoms with Crippen molar-refractivity contribution in [3.05, 3.63) is 52.8 Å². The molecule has 0 fully saturated rings. The molecule has 0 atom stereocenters. The molecule has 7 heteroatoms. The summed E-state index contributed by atoms with van der Waals surface area (Å²) in [6.45, 7) is 4.51. The van der Waals surface area contributed by atoms with E-state index in [1.54, 1.807) is 0 Å². The molecule has 0 saturated carbocycles. The zero-order valence-corrected chi connectivity index (χ0v) is 17.9. The first-order chi connectivity index (χ1) is 11.7. The molecule has 1 aromatic carbocycles. The number of aliphatic imine (C=N–C) groups is 1. The Hall–Kier alpha value is -1.28. The monoisotopic (exact) mass is 475 g/mol. The van der Waals surface area contributed by atoms with Gasteiger partial charge >= 0.3 is 0 Å². The van der Waals surface area contributed by atoms with Crippen molar-refractivity contribution in [3.8, 4) is 0 Å². The van der Waals surface area contributed by atoms with Gasteiger partial charge in [-0.3, -0.25) is 9.67 Å². The SMILES string of the molecule is CCNC(=NCCCc1cnn(C)c1)NCCc1ccccc1Cl.I. The summed E-state index contributed by atoms with van der Waals surface area (Å²) in [6.07, 6.45) is 6.84. The number of guanidine groups is 1. The predicted molar refractivity (Wildman–Crippen MR) is 116 cm³/mol. The summed E-state index contributed by atoms with van der Waals surface area (Å²) in [7, 11) is 1.94. The van der Waals surface area contributed by atoms with E-state index in [2.05, 4.69) is 39.9 Å². The second-order valence-corrected chi connectivity index (χ2v) is 6.06. The minimum Gasteiger partial charge on any atom is -0.357 e. The Kier molecular flexibility index (Phi) is 10.6. The molecule has 0 aliphatic rings. The molecule has 138 valence electrons. The van der Waals surface area contributed by atoms with E-state index in [9.17, 15) is 0 Å². The Balaban J connectivity index is 0.00000312. The lowest BCUT2D eigenvalue weighted by Gasteiger charge is -2.11. The van der Waals surface area contributed by atoms with Crippen molar-refractivity contribution in [1.82, 2.24) is 20.4 Å². The molecule has 0 amide bonds. The lowest BCUT2D eigenvalue weighted by atomic mass is 10.1. The summed E-state index contributed by atoms with van der Waals surface area (Å²) in [6, 6.07) is 7.95. The van der Waals surface area contributed by atoms with Gasteiger partial charge in [0.2, 0.25) is 0 Å². The van der Waals surface area contributed by atoms with Crippen LogP contribution in [0.5, 0.6) is 0 Å². The zero-order chi connectivity index (χ0) is 17.2. The van der Waals surface area contributed by atoms with Crippen LogP contribution >= 0.6 is 35.6 Å². The van der Waals surface area contributed by atoms with Gasteiger partial charge in [0, 0.05) is 37.9 Å². The second-order valence-electron chi connectivity index (χ2n) is 5.65. The number of benzene rings is 1. The Bertz CT molecular complexity index is 656. The molecule has 5 nitrogen and oxygen atoms in total. The topological polar surface area (TPSA) is 54.2 Å². The van der Waals surface area contributed by atoms with E-state index in [1.165, 1.54) is 5.56 Å². The van der Waals surface area contributed by atoms with Gasteiger partial charge in [-0.15, -0.1) is 24.0 Å². The second kappa shape index (κ2) is 12.1. The quantitative estimate of drug-likeness (QED) is 0.266. The highest BCUT2D eigenvalue weighted by atomic mass is 127. The standard InChI is InChI=1S/C18H26ClN5.HI/c1-3-20-18(21-11-6-7-15-13-23-24(2)14-15)22-12-10-16-8-4-5-9-17(16)19;/h4-5,8-9,13-14H,3,6-7,10-12H2,1-2H3,(H2,20,21,22);1H. The number of hydrogen-bond donors (Lipinski definition) is 2. The Labute approximate surface area is 172 Å². The summed E-state index contributed by atoms with van der Waals surface area (Å²) in [5.41, 5.74) is 2.41.